The van der Waals surface area contributed by atoms with Gasteiger partial charge in [-0.1, -0.05) is 46.0 Å². The fourth-order valence-electron chi connectivity index (χ4n) is 24.0. The van der Waals surface area contributed by atoms with Gasteiger partial charge in [0.25, 0.3) is 6.43 Å². The summed E-state index contributed by atoms with van der Waals surface area (Å²) in [5, 5.41) is 34.6. The Morgan fingerprint density at radius 1 is 0.441 bits per heavy atom. The van der Waals surface area contributed by atoms with Crippen LogP contribution >= 0.6 is 44.0 Å². The van der Waals surface area contributed by atoms with Crippen molar-refractivity contribution in [2.24, 2.45) is 129 Å². The normalized spacial score (nSPS) is 45.3. The van der Waals surface area contributed by atoms with E-state index in [1.54, 1.807) is 0 Å². The van der Waals surface area contributed by atoms with Gasteiger partial charge in [0.1, 0.15) is 34.2 Å². The summed E-state index contributed by atoms with van der Waals surface area (Å²) in [6.45, 7) is 6.86. The Kier molecular flexibility index (Phi) is 22.9. The van der Waals surface area contributed by atoms with Crippen LogP contribution in [-0.2, 0) is 41.0 Å². The van der Waals surface area contributed by atoms with E-state index in [1.165, 1.54) is 51.0 Å². The minimum Gasteiger partial charge on any atom is -0.384 e. The van der Waals surface area contributed by atoms with Crippen molar-refractivity contribution >= 4 is 87.9 Å². The molecule has 12 nitrogen and oxygen atoms in total. The van der Waals surface area contributed by atoms with Crippen LogP contribution in [-0.4, -0.2) is 117 Å². The Labute approximate surface area is 573 Å². The van der Waals surface area contributed by atoms with E-state index < -0.39 is 49.8 Å². The maximum atomic E-state index is 13.4. The van der Waals surface area contributed by atoms with Crippen molar-refractivity contribution in [1.29, 1.82) is 0 Å². The molecule has 13 saturated carbocycles. The van der Waals surface area contributed by atoms with Crippen LogP contribution in [0.3, 0.4) is 0 Å². The van der Waals surface area contributed by atoms with Gasteiger partial charge < -0.3 is 15.3 Å². The fourth-order valence-corrected chi connectivity index (χ4v) is 28.8. The van der Waals surface area contributed by atoms with Gasteiger partial charge in [-0.05, 0) is 335 Å². The molecule has 0 spiro atoms. The highest BCUT2D eigenvalue weighted by Gasteiger charge is 2.63. The molecular weight excluding hydrogens is 1320 g/mol. The molecule has 13 aliphatic rings. The predicted molar refractivity (Wildman–Crippen MR) is 370 cm³/mol. The van der Waals surface area contributed by atoms with E-state index in [2.05, 4.69) is 43.9 Å². The summed E-state index contributed by atoms with van der Waals surface area (Å²) in [6.07, 6.45) is 28.6. The molecule has 9 unspecified atom stereocenters. The molecule has 0 bridgehead atoms. The molecular formula is C72H109ClF2O12S6. The zero-order chi connectivity index (χ0) is 66.4. The van der Waals surface area contributed by atoms with Crippen molar-refractivity contribution in [2.75, 3.05) is 36.0 Å². The highest BCUT2D eigenvalue weighted by atomic mass is 35.5. The van der Waals surface area contributed by atoms with Gasteiger partial charge in [-0.25, -0.2) is 34.0 Å². The maximum absolute atomic E-state index is 13.4. The van der Waals surface area contributed by atoms with Gasteiger partial charge in [-0.15, -0.1) is 0 Å². The Bertz CT molecular complexity index is 3260. The average Bonchev–Trinajstić information content (AvgIpc) is 1.71. The van der Waals surface area contributed by atoms with E-state index in [0.29, 0.717) is 95.7 Å². The second-order valence-corrected chi connectivity index (χ2v) is 46.6. The molecule has 0 heterocycles. The van der Waals surface area contributed by atoms with E-state index in [4.69, 9.17) is 11.6 Å². The SMILES string of the molecule is C.C[C@]12CCC3C(CC[C@@H]4C[C@@](O)(C#CC5CC5)CC[C@H]34)C1CC[C@@H]2C(=O)CSS(C)(=O)=O.C[C@]12CCC3C(CC[C@@H]4C[C@@](O)(C#CCl)CC[C@H]34)C1CC[C@@H]2C(=O)CSS(C)(=O)=O.C[C@]12CCC3C(CC[C@@H]4C[C@@](O)(C(F)F)CC[C@H]34)C1CC[C@@H]2C(=O)CSS(C)(=O)=O. The van der Waals surface area contributed by atoms with Crippen molar-refractivity contribution in [3.8, 4) is 23.1 Å². The van der Waals surface area contributed by atoms with Gasteiger partial charge in [-0.3, -0.25) is 14.4 Å². The smallest absolute Gasteiger partial charge is 0.266 e. The summed E-state index contributed by atoms with van der Waals surface area (Å²) in [5.41, 5.74) is -3.50. The number of Topliss-reactive ketones (excluding diaryl/α,β-unsaturated/α-hetero) is 3. The Morgan fingerprint density at radius 3 is 1.09 bits per heavy atom. The third-order valence-electron chi connectivity index (χ3n) is 28.2. The average molecular weight is 1430 g/mol. The van der Waals surface area contributed by atoms with E-state index in [1.807, 2.05) is 0 Å². The van der Waals surface area contributed by atoms with Gasteiger partial charge >= 0.3 is 0 Å². The van der Waals surface area contributed by atoms with E-state index in [9.17, 15) is 63.7 Å². The van der Waals surface area contributed by atoms with Crippen LogP contribution in [0.2, 0.25) is 0 Å². The molecule has 526 valence electrons. The third kappa shape index (κ3) is 15.9. The molecule has 24 atom stereocenters. The first kappa shape index (κ1) is 74.7. The van der Waals surface area contributed by atoms with Crippen molar-refractivity contribution in [3.63, 3.8) is 0 Å². The first-order valence-electron chi connectivity index (χ1n) is 35.3. The van der Waals surface area contributed by atoms with Crippen LogP contribution in [0.25, 0.3) is 0 Å². The van der Waals surface area contributed by atoms with Gasteiger partial charge in [0.05, 0.1) is 17.3 Å². The lowest BCUT2D eigenvalue weighted by atomic mass is 9.49. The summed E-state index contributed by atoms with van der Waals surface area (Å²) < 4.78 is 95.7. The number of aliphatic hydroxyl groups is 3. The van der Waals surface area contributed by atoms with Crippen LogP contribution < -0.4 is 0 Å². The highest BCUT2D eigenvalue weighted by molar-refractivity contribution is 8.72. The quantitative estimate of drug-likeness (QED) is 0.116. The molecule has 0 aromatic heterocycles. The Hall–Kier alpha value is -0.940. The van der Waals surface area contributed by atoms with E-state index >= 15 is 0 Å². The summed E-state index contributed by atoms with van der Waals surface area (Å²) in [4.78, 5) is 38.8. The van der Waals surface area contributed by atoms with Crippen molar-refractivity contribution < 1.29 is 63.7 Å². The number of carbonyl (C=O) groups excluding carboxylic acids is 3. The highest BCUT2D eigenvalue weighted by Crippen LogP contribution is 2.68. The molecule has 0 radical (unpaired) electrons. The Morgan fingerprint density at radius 2 is 0.763 bits per heavy atom. The van der Waals surface area contributed by atoms with Gasteiger partial charge in [0.2, 0.25) is 0 Å². The molecule has 13 rings (SSSR count). The zero-order valence-corrected chi connectivity index (χ0v) is 60.9. The largest absolute Gasteiger partial charge is 0.384 e. The monoisotopic (exact) mass is 1430 g/mol. The summed E-state index contributed by atoms with van der Waals surface area (Å²) in [7, 11) is -7.26. The van der Waals surface area contributed by atoms with Crippen molar-refractivity contribution in [1.82, 2.24) is 0 Å². The maximum Gasteiger partial charge on any atom is 0.266 e. The second kappa shape index (κ2) is 28.5. The van der Waals surface area contributed by atoms with Crippen LogP contribution in [0.5, 0.6) is 0 Å². The molecule has 0 saturated heterocycles. The molecule has 0 aromatic rings. The number of hydrogen-bond donors (Lipinski definition) is 3. The molecule has 0 aliphatic heterocycles. The summed E-state index contributed by atoms with van der Waals surface area (Å²) in [6, 6.07) is 0. The molecule has 0 aromatic carbocycles. The number of hydrogen-bond acceptors (Lipinski definition) is 15. The number of rotatable bonds is 13. The van der Waals surface area contributed by atoms with E-state index in [-0.39, 0.29) is 94.8 Å². The first-order valence-corrected chi connectivity index (χ1v) is 45.9. The van der Waals surface area contributed by atoms with Crippen molar-refractivity contribution in [2.45, 2.75) is 238 Å². The number of halogens is 3. The van der Waals surface area contributed by atoms with Gasteiger partial charge in [0, 0.05) is 47.8 Å². The molecule has 13 aliphatic carbocycles. The number of fused-ring (bicyclic) bond motifs is 15. The number of carbonyl (C=O) groups is 3. The minimum atomic E-state index is -3.22. The lowest BCUT2D eigenvalue weighted by Gasteiger charge is -2.57. The third-order valence-corrected chi connectivity index (χ3v) is 35.7. The predicted octanol–water partition coefficient (Wildman–Crippen LogP) is 14.3. The summed E-state index contributed by atoms with van der Waals surface area (Å²) in [5.74, 6) is 19.0. The van der Waals surface area contributed by atoms with Gasteiger partial charge in [0.15, 0.2) is 26.6 Å². The Balaban J connectivity index is 0.000000152. The van der Waals surface area contributed by atoms with E-state index in [0.717, 1.165) is 167 Å². The zero-order valence-electron chi connectivity index (χ0n) is 55.3. The van der Waals surface area contributed by atoms with Crippen molar-refractivity contribution in [3.05, 3.63) is 0 Å². The van der Waals surface area contributed by atoms with Crippen LogP contribution in [0.15, 0.2) is 0 Å². The fraction of sp³-hybridized carbons (Fsp3) is 0.903. The molecule has 0 amide bonds. The van der Waals surface area contributed by atoms with Crippen LogP contribution in [0.1, 0.15) is 214 Å². The number of alkyl halides is 2. The van der Waals surface area contributed by atoms with Crippen LogP contribution in [0, 0.1) is 152 Å². The first-order chi connectivity index (χ1) is 43.1. The lowest BCUT2D eigenvalue weighted by Crippen LogP contribution is -2.53. The lowest BCUT2D eigenvalue weighted by molar-refractivity contribution is -0.160. The standard InChI is InChI=1S/C26H38O4S2.C23H33ClO4S2.C22H34F2O4S2.CH4/c1-25-12-10-20-19-11-14-26(28,13-9-17-3-4-17)15-18(19)5-6-21(20)22(25)7-8-23(25)24(27)16-31-32(2,29)30;1-22-9-7-17-16-8-10-23(26,11-12-24)13-15(16)3-4-18(17)19(22)5-6-20(22)21(25)14-29-30(2,27)28;1-21-9-7-15-14-8-10-22(26,20(23)24)11-13(14)3-4-16(15)17(21)5-6-18(21)19(25)12-29-30(2,27)28;/h17-23,28H,3-8,10-12,14-16H2,1-2H3;15-20,26H,3-10,13-14H2,1-2H3;13-18,20,26H,3-12H2,1-2H3;1H4/t18-,19+,20?,21?,22?,23-,25+,26-;15-,16+,17?,18?,19?,20-,22+,23+;13-,14+,15?,16?,17?,18-,21+,22-;/m111./s1. The molecule has 21 heteroatoms. The minimum absolute atomic E-state index is 0. The second-order valence-electron chi connectivity index (χ2n) is 33.1. The molecule has 3 N–H and O–H groups in total. The molecule has 13 fully saturated rings. The summed E-state index contributed by atoms with van der Waals surface area (Å²) >= 11 is 5.59. The topological polar surface area (TPSA) is 214 Å². The number of ketones is 3. The van der Waals surface area contributed by atoms with Crippen LogP contribution in [0.4, 0.5) is 8.78 Å². The van der Waals surface area contributed by atoms with Gasteiger partial charge in [-0.2, -0.15) is 0 Å². The molecule has 93 heavy (non-hydrogen) atoms.